The van der Waals surface area contributed by atoms with Gasteiger partial charge in [-0.15, -0.1) is 0 Å². The maximum Gasteiger partial charge on any atom is 0.246 e. The summed E-state index contributed by atoms with van der Waals surface area (Å²) in [5, 5.41) is 5.84. The van der Waals surface area contributed by atoms with Gasteiger partial charge in [0.1, 0.15) is 11.6 Å². The van der Waals surface area contributed by atoms with Crippen molar-refractivity contribution in [2.24, 2.45) is 0 Å². The zero-order valence-electron chi connectivity index (χ0n) is 16.1. The summed E-state index contributed by atoms with van der Waals surface area (Å²) in [6.45, 7) is 3.49. The van der Waals surface area contributed by atoms with Crippen LogP contribution >= 0.6 is 0 Å². The molecule has 0 radical (unpaired) electrons. The fraction of sp³-hybridized carbons (Fsp3) is 0.263. The van der Waals surface area contributed by atoms with Crippen LogP contribution in [0.3, 0.4) is 0 Å². The fourth-order valence-electron chi connectivity index (χ4n) is 2.64. The number of aryl methyl sites for hydroxylation is 1. The first-order chi connectivity index (χ1) is 13.2. The summed E-state index contributed by atoms with van der Waals surface area (Å²) in [6.07, 6.45) is 0. The number of amides is 1. The van der Waals surface area contributed by atoms with Crippen LogP contribution in [0.25, 0.3) is 11.1 Å². The maximum atomic E-state index is 12.5. The summed E-state index contributed by atoms with van der Waals surface area (Å²) in [4.78, 5) is 16.9. The molecule has 8 nitrogen and oxygen atoms in total. The zero-order valence-corrected chi connectivity index (χ0v) is 16.9. The van der Waals surface area contributed by atoms with Gasteiger partial charge in [0.05, 0.1) is 4.90 Å². The molecule has 1 aromatic heterocycles. The first-order valence-corrected chi connectivity index (χ1v) is 10.1. The van der Waals surface area contributed by atoms with Crippen molar-refractivity contribution in [2.45, 2.75) is 24.8 Å². The van der Waals surface area contributed by atoms with E-state index >= 15 is 0 Å². The molecular formula is C19H22N4O4S. The molecule has 1 amide bonds. The first-order valence-electron chi connectivity index (χ1n) is 8.64. The lowest BCUT2D eigenvalue weighted by Crippen LogP contribution is -2.32. The molecule has 9 heteroatoms. The Morgan fingerprint density at radius 3 is 2.61 bits per heavy atom. The number of sulfonamides is 1. The third kappa shape index (κ3) is 4.15. The van der Waals surface area contributed by atoms with Crippen LogP contribution in [-0.2, 0) is 14.8 Å². The second kappa shape index (κ2) is 7.61. The number of anilines is 2. The molecule has 0 saturated carbocycles. The van der Waals surface area contributed by atoms with Gasteiger partial charge in [0.2, 0.25) is 15.9 Å². The molecule has 3 rings (SSSR count). The molecule has 148 valence electrons. The average Bonchev–Trinajstić information content (AvgIpc) is 3.01. The van der Waals surface area contributed by atoms with Crippen molar-refractivity contribution in [3.8, 4) is 0 Å². The van der Waals surface area contributed by atoms with Gasteiger partial charge in [0.15, 0.2) is 11.5 Å². The van der Waals surface area contributed by atoms with E-state index in [1.807, 2.05) is 0 Å². The van der Waals surface area contributed by atoms with Gasteiger partial charge >= 0.3 is 0 Å². The van der Waals surface area contributed by atoms with Crippen LogP contribution in [0.15, 0.2) is 51.8 Å². The quantitative estimate of drug-likeness (QED) is 0.657. The Kier molecular flexibility index (Phi) is 5.39. The fourth-order valence-corrected chi connectivity index (χ4v) is 3.59. The van der Waals surface area contributed by atoms with E-state index in [2.05, 4.69) is 15.6 Å². The van der Waals surface area contributed by atoms with E-state index in [1.165, 1.54) is 26.2 Å². The average molecular weight is 402 g/mol. The van der Waals surface area contributed by atoms with Gasteiger partial charge in [0.25, 0.3) is 0 Å². The second-order valence-electron chi connectivity index (χ2n) is 6.59. The third-order valence-electron chi connectivity index (χ3n) is 4.15. The highest BCUT2D eigenvalue weighted by Gasteiger charge is 2.19. The van der Waals surface area contributed by atoms with Crippen LogP contribution in [-0.4, -0.2) is 43.8 Å². The molecule has 0 saturated heterocycles. The van der Waals surface area contributed by atoms with Gasteiger partial charge in [-0.3, -0.25) is 4.79 Å². The number of carbonyl (C=O) groups excluding carboxylic acids is 1. The monoisotopic (exact) mass is 402 g/mol. The third-order valence-corrected chi connectivity index (χ3v) is 5.96. The van der Waals surface area contributed by atoms with E-state index in [4.69, 9.17) is 4.42 Å². The van der Waals surface area contributed by atoms with Crippen molar-refractivity contribution in [3.63, 3.8) is 0 Å². The molecule has 2 N–H and O–H groups in total. The number of nitrogens with one attached hydrogen (secondary N) is 2. The van der Waals surface area contributed by atoms with E-state index in [0.717, 1.165) is 9.99 Å². The van der Waals surface area contributed by atoms with E-state index in [0.29, 0.717) is 22.7 Å². The van der Waals surface area contributed by atoms with Crippen LogP contribution in [0.5, 0.6) is 0 Å². The van der Waals surface area contributed by atoms with Gasteiger partial charge in [-0.1, -0.05) is 6.07 Å². The van der Waals surface area contributed by atoms with E-state index in [9.17, 15) is 13.2 Å². The Morgan fingerprint density at radius 2 is 1.89 bits per heavy atom. The predicted molar refractivity (Wildman–Crippen MR) is 108 cm³/mol. The van der Waals surface area contributed by atoms with Crippen LogP contribution in [0.4, 0.5) is 11.4 Å². The number of hydrogen-bond acceptors (Lipinski definition) is 6. The van der Waals surface area contributed by atoms with Gasteiger partial charge in [-0.05, 0) is 43.3 Å². The smallest absolute Gasteiger partial charge is 0.246 e. The molecule has 2 aromatic carbocycles. The minimum atomic E-state index is -3.57. The number of oxazole rings is 1. The molecule has 28 heavy (non-hydrogen) atoms. The van der Waals surface area contributed by atoms with Crippen molar-refractivity contribution < 1.29 is 17.6 Å². The molecule has 3 aromatic rings. The Labute approximate surface area is 163 Å². The molecule has 0 bridgehead atoms. The van der Waals surface area contributed by atoms with Crippen molar-refractivity contribution in [1.82, 2.24) is 9.29 Å². The number of carbonyl (C=O) groups is 1. The van der Waals surface area contributed by atoms with Crippen LogP contribution in [0.1, 0.15) is 12.8 Å². The molecule has 0 aliphatic rings. The Hall–Kier alpha value is -2.91. The number of rotatable bonds is 6. The number of fused-ring (bicyclic) bond motifs is 1. The lowest BCUT2D eigenvalue weighted by atomic mass is 10.2. The number of benzene rings is 2. The topological polar surface area (TPSA) is 105 Å². The minimum absolute atomic E-state index is 0.114. The standard InChI is InChI=1S/C19H22N4O4S/c1-12(20-15-8-9-18-17(11-15)21-13(2)27-18)19(24)22-14-6-5-7-16(10-14)28(25,26)23(3)4/h5-12,20H,1-4H3,(H,22,24)/t12-/m0/s1. The van der Waals surface area contributed by atoms with E-state index in [-0.39, 0.29) is 10.8 Å². The Bertz CT molecular complexity index is 1120. The van der Waals surface area contributed by atoms with Crippen LogP contribution in [0.2, 0.25) is 0 Å². The molecule has 0 spiro atoms. The summed E-state index contributed by atoms with van der Waals surface area (Å²) < 4.78 is 31.0. The predicted octanol–water partition coefficient (Wildman–Crippen LogP) is 2.83. The maximum absolute atomic E-state index is 12.5. The summed E-state index contributed by atoms with van der Waals surface area (Å²) >= 11 is 0. The first kappa shape index (κ1) is 19.8. The SMILES string of the molecule is Cc1nc2cc(N[C@@H](C)C(=O)Nc3cccc(S(=O)(=O)N(C)C)c3)ccc2o1. The van der Waals surface area contributed by atoms with Crippen molar-refractivity contribution in [2.75, 3.05) is 24.7 Å². The molecule has 1 atom stereocenters. The summed E-state index contributed by atoms with van der Waals surface area (Å²) in [5.41, 5.74) is 2.52. The number of hydrogen-bond donors (Lipinski definition) is 2. The summed E-state index contributed by atoms with van der Waals surface area (Å²) in [5.74, 6) is 0.279. The summed E-state index contributed by atoms with van der Waals surface area (Å²) in [7, 11) is -0.656. The lowest BCUT2D eigenvalue weighted by molar-refractivity contribution is -0.116. The van der Waals surface area contributed by atoms with Gasteiger partial charge < -0.3 is 15.1 Å². The highest BCUT2D eigenvalue weighted by atomic mass is 32.2. The minimum Gasteiger partial charge on any atom is -0.441 e. The zero-order chi connectivity index (χ0) is 20.5. The van der Waals surface area contributed by atoms with Crippen molar-refractivity contribution in [1.29, 1.82) is 0 Å². The number of nitrogens with zero attached hydrogens (tertiary/aromatic N) is 2. The lowest BCUT2D eigenvalue weighted by Gasteiger charge is -2.16. The molecule has 0 aliphatic carbocycles. The Morgan fingerprint density at radius 1 is 1.14 bits per heavy atom. The van der Waals surface area contributed by atoms with Gasteiger partial charge in [-0.25, -0.2) is 17.7 Å². The molecule has 0 fully saturated rings. The number of aromatic nitrogens is 1. The van der Waals surface area contributed by atoms with Gasteiger partial charge in [0, 0.05) is 32.4 Å². The van der Waals surface area contributed by atoms with Crippen LogP contribution < -0.4 is 10.6 Å². The van der Waals surface area contributed by atoms with Crippen molar-refractivity contribution >= 4 is 38.4 Å². The van der Waals surface area contributed by atoms with Crippen LogP contribution in [0, 0.1) is 6.92 Å². The summed E-state index contributed by atoms with van der Waals surface area (Å²) in [6, 6.07) is 11.0. The molecular weight excluding hydrogens is 380 g/mol. The molecule has 1 heterocycles. The normalized spacial score (nSPS) is 12.9. The van der Waals surface area contributed by atoms with E-state index in [1.54, 1.807) is 44.2 Å². The van der Waals surface area contributed by atoms with Gasteiger partial charge in [-0.2, -0.15) is 0 Å². The highest BCUT2D eigenvalue weighted by molar-refractivity contribution is 7.89. The largest absolute Gasteiger partial charge is 0.441 e. The Balaban J connectivity index is 1.71. The van der Waals surface area contributed by atoms with Crippen molar-refractivity contribution in [3.05, 3.63) is 48.4 Å². The highest BCUT2D eigenvalue weighted by Crippen LogP contribution is 2.21. The second-order valence-corrected chi connectivity index (χ2v) is 8.74. The molecule has 0 aliphatic heterocycles. The van der Waals surface area contributed by atoms with E-state index < -0.39 is 16.1 Å². The molecule has 0 unspecified atom stereocenters.